The van der Waals surface area contributed by atoms with Gasteiger partial charge in [0, 0.05) is 24.8 Å². The van der Waals surface area contributed by atoms with Crippen LogP contribution >= 0.6 is 0 Å². The summed E-state index contributed by atoms with van der Waals surface area (Å²) in [5.74, 6) is -1.18. The van der Waals surface area contributed by atoms with Crippen LogP contribution in [-0.4, -0.2) is 60.0 Å². The Morgan fingerprint density at radius 2 is 1.68 bits per heavy atom. The normalized spacial score (nSPS) is 15.2. The van der Waals surface area contributed by atoms with E-state index in [0.717, 1.165) is 17.0 Å². The molecule has 1 aliphatic heterocycles. The summed E-state index contributed by atoms with van der Waals surface area (Å²) in [4.78, 5) is 50.1. The number of carbonyl (C=O) groups is 3. The third kappa shape index (κ3) is 5.44. The molecule has 11 nitrogen and oxygen atoms in total. The lowest BCUT2D eigenvalue weighted by atomic mass is 10.0. The summed E-state index contributed by atoms with van der Waals surface area (Å²) in [6, 6.07) is 14.3. The molecule has 0 bridgehead atoms. The lowest BCUT2D eigenvalue weighted by Gasteiger charge is -2.37. The van der Waals surface area contributed by atoms with Crippen LogP contribution < -0.4 is 24.4 Å². The fourth-order valence-electron chi connectivity index (χ4n) is 4.44. The molecule has 1 unspecified atom stereocenters. The van der Waals surface area contributed by atoms with E-state index < -0.39 is 29.6 Å². The number of hydrogen-bond acceptors (Lipinski definition) is 8. The topological polar surface area (TPSA) is 123 Å². The van der Waals surface area contributed by atoms with E-state index in [0.29, 0.717) is 39.7 Å². The number of nitrogens with zero attached hydrogens (tertiary/aromatic N) is 4. The number of aromatic nitrogens is 2. The van der Waals surface area contributed by atoms with Gasteiger partial charge >= 0.3 is 6.03 Å². The first-order valence-corrected chi connectivity index (χ1v) is 12.7. The number of anilines is 2. The van der Waals surface area contributed by atoms with Gasteiger partial charge < -0.3 is 24.4 Å². The van der Waals surface area contributed by atoms with Crippen molar-refractivity contribution in [1.82, 2.24) is 14.9 Å². The van der Waals surface area contributed by atoms with Crippen molar-refractivity contribution in [3.8, 4) is 23.1 Å². The van der Waals surface area contributed by atoms with Gasteiger partial charge in [-0.25, -0.2) is 24.1 Å². The number of methoxy groups -OCH3 is 2. The predicted octanol–water partition coefficient (Wildman–Crippen LogP) is 4.62. The maximum absolute atomic E-state index is 13.4. The molecule has 1 atom stereocenters. The molecular formula is C29H26FN5O6. The van der Waals surface area contributed by atoms with Gasteiger partial charge in [-0.2, -0.15) is 0 Å². The lowest BCUT2D eigenvalue weighted by molar-refractivity contribution is -0.132. The van der Waals surface area contributed by atoms with Crippen molar-refractivity contribution >= 4 is 40.1 Å². The predicted molar refractivity (Wildman–Crippen MR) is 148 cm³/mol. The van der Waals surface area contributed by atoms with E-state index in [9.17, 15) is 18.8 Å². The van der Waals surface area contributed by atoms with Crippen molar-refractivity contribution in [2.75, 3.05) is 37.5 Å². The molecule has 1 fully saturated rings. The average molecular weight is 560 g/mol. The SMILES string of the molecule is CCN1CC(C(=O)Nc2ccc(Oc3ncnc4cc(OC)c(OC)cc34)cc2)C(=O)N(c2ccc(F)cc2)C1=O. The average Bonchev–Trinajstić information content (AvgIpc) is 2.98. The van der Waals surface area contributed by atoms with Crippen molar-refractivity contribution in [1.29, 1.82) is 0 Å². The maximum Gasteiger partial charge on any atom is 0.331 e. The fraction of sp³-hybridized carbons (Fsp3) is 0.207. The van der Waals surface area contributed by atoms with E-state index in [2.05, 4.69) is 15.3 Å². The Morgan fingerprint density at radius 3 is 2.34 bits per heavy atom. The number of carbonyl (C=O) groups excluding carboxylic acids is 3. The van der Waals surface area contributed by atoms with E-state index >= 15 is 0 Å². The van der Waals surface area contributed by atoms with Crippen LogP contribution in [0.5, 0.6) is 23.1 Å². The number of rotatable bonds is 8. The molecule has 1 aromatic heterocycles. The van der Waals surface area contributed by atoms with E-state index in [-0.39, 0.29) is 18.8 Å². The fourth-order valence-corrected chi connectivity index (χ4v) is 4.44. The number of nitrogens with one attached hydrogen (secondary N) is 1. The summed E-state index contributed by atoms with van der Waals surface area (Å²) in [6.45, 7) is 1.96. The zero-order chi connectivity index (χ0) is 29.1. The van der Waals surface area contributed by atoms with Crippen LogP contribution in [-0.2, 0) is 9.59 Å². The molecule has 0 aliphatic carbocycles. The van der Waals surface area contributed by atoms with Crippen molar-refractivity contribution in [3.63, 3.8) is 0 Å². The second-order valence-electron chi connectivity index (χ2n) is 9.04. The Hall–Kier alpha value is -5.26. The van der Waals surface area contributed by atoms with Gasteiger partial charge in [-0.3, -0.25) is 9.59 Å². The van der Waals surface area contributed by atoms with E-state index in [1.807, 2.05) is 0 Å². The van der Waals surface area contributed by atoms with Crippen LogP contribution in [0, 0.1) is 11.7 Å². The van der Waals surface area contributed by atoms with Gasteiger partial charge in [-0.05, 0) is 61.5 Å². The van der Waals surface area contributed by atoms with Crippen LogP contribution in [0.25, 0.3) is 10.9 Å². The van der Waals surface area contributed by atoms with Crippen molar-refractivity contribution in [3.05, 3.63) is 72.8 Å². The summed E-state index contributed by atoms with van der Waals surface area (Å²) in [7, 11) is 3.06. The second kappa shape index (κ2) is 11.5. The minimum atomic E-state index is -1.16. The van der Waals surface area contributed by atoms with Gasteiger partial charge in [0.2, 0.25) is 17.7 Å². The minimum Gasteiger partial charge on any atom is -0.493 e. The Balaban J connectivity index is 1.32. The highest BCUT2D eigenvalue weighted by atomic mass is 19.1. The Labute approximate surface area is 234 Å². The van der Waals surface area contributed by atoms with Crippen LogP contribution in [0.2, 0.25) is 0 Å². The molecule has 0 radical (unpaired) electrons. The van der Waals surface area contributed by atoms with Crippen LogP contribution in [0.1, 0.15) is 6.92 Å². The smallest absolute Gasteiger partial charge is 0.331 e. The highest BCUT2D eigenvalue weighted by molar-refractivity contribution is 6.23. The molecule has 1 N–H and O–H groups in total. The number of fused-ring (bicyclic) bond motifs is 1. The van der Waals surface area contributed by atoms with Gasteiger partial charge in [0.15, 0.2) is 11.5 Å². The van der Waals surface area contributed by atoms with E-state index in [1.165, 1.54) is 37.6 Å². The third-order valence-electron chi connectivity index (χ3n) is 6.61. The number of halogens is 1. The van der Waals surface area contributed by atoms with Gasteiger partial charge in [0.1, 0.15) is 23.8 Å². The summed E-state index contributed by atoms with van der Waals surface area (Å²) < 4.78 is 30.1. The number of hydrogen-bond donors (Lipinski definition) is 1. The molecule has 0 saturated carbocycles. The molecular weight excluding hydrogens is 533 g/mol. The monoisotopic (exact) mass is 559 g/mol. The minimum absolute atomic E-state index is 0.0755. The first kappa shape index (κ1) is 27.3. The number of ether oxygens (including phenoxy) is 3. The molecule has 4 amide bonds. The number of benzene rings is 3. The van der Waals surface area contributed by atoms with Gasteiger partial charge in [0.05, 0.1) is 30.8 Å². The van der Waals surface area contributed by atoms with Crippen molar-refractivity contribution < 1.29 is 33.0 Å². The molecule has 210 valence electrons. The number of imide groups is 1. The summed E-state index contributed by atoms with van der Waals surface area (Å²) in [5, 5.41) is 3.35. The zero-order valence-corrected chi connectivity index (χ0v) is 22.5. The number of amides is 4. The molecule has 3 aromatic carbocycles. The zero-order valence-electron chi connectivity index (χ0n) is 22.5. The summed E-state index contributed by atoms with van der Waals surface area (Å²) >= 11 is 0. The summed E-state index contributed by atoms with van der Waals surface area (Å²) in [6.07, 6.45) is 1.37. The van der Waals surface area contributed by atoms with Crippen LogP contribution in [0.3, 0.4) is 0 Å². The largest absolute Gasteiger partial charge is 0.493 e. The first-order valence-electron chi connectivity index (χ1n) is 12.7. The van der Waals surface area contributed by atoms with E-state index in [1.54, 1.807) is 43.3 Å². The Kier molecular flexibility index (Phi) is 7.64. The number of urea groups is 1. The van der Waals surface area contributed by atoms with Gasteiger partial charge in [-0.1, -0.05) is 0 Å². The molecule has 1 aliphatic rings. The molecule has 5 rings (SSSR count). The Bertz CT molecular complexity index is 1610. The van der Waals surface area contributed by atoms with Crippen molar-refractivity contribution in [2.24, 2.45) is 5.92 Å². The van der Waals surface area contributed by atoms with Crippen LogP contribution in [0.15, 0.2) is 67.0 Å². The summed E-state index contributed by atoms with van der Waals surface area (Å²) in [5.41, 5.74) is 1.21. The second-order valence-corrected chi connectivity index (χ2v) is 9.04. The van der Waals surface area contributed by atoms with Gasteiger partial charge in [0.25, 0.3) is 0 Å². The molecule has 2 heterocycles. The molecule has 0 spiro atoms. The quantitative estimate of drug-likeness (QED) is 0.310. The van der Waals surface area contributed by atoms with Crippen molar-refractivity contribution in [2.45, 2.75) is 6.92 Å². The van der Waals surface area contributed by atoms with E-state index in [4.69, 9.17) is 14.2 Å². The first-order chi connectivity index (χ1) is 19.8. The lowest BCUT2D eigenvalue weighted by Crippen LogP contribution is -2.59. The standard InChI is InChI=1S/C29H26FN5O6/c1-4-34-15-22(28(37)35(29(34)38)19-9-5-17(30)6-10-19)26(36)33-18-7-11-20(12-8-18)41-27-21-13-24(39-2)25(40-3)14-23(21)31-16-32-27/h5-14,16,22H,4,15H2,1-3H3,(H,33,36). The molecule has 41 heavy (non-hydrogen) atoms. The Morgan fingerprint density at radius 1 is 1.00 bits per heavy atom. The molecule has 12 heteroatoms. The highest BCUT2D eigenvalue weighted by Crippen LogP contribution is 2.36. The maximum atomic E-state index is 13.4. The highest BCUT2D eigenvalue weighted by Gasteiger charge is 2.43. The molecule has 1 saturated heterocycles. The third-order valence-corrected chi connectivity index (χ3v) is 6.61. The van der Waals surface area contributed by atoms with Gasteiger partial charge in [-0.15, -0.1) is 0 Å². The molecule has 4 aromatic rings. The van der Waals surface area contributed by atoms with Crippen LogP contribution in [0.4, 0.5) is 20.6 Å².